The lowest BCUT2D eigenvalue weighted by Gasteiger charge is -2.09. The Morgan fingerprint density at radius 2 is 1.94 bits per heavy atom. The average Bonchev–Trinajstić information content (AvgIpc) is 2.41. The van der Waals surface area contributed by atoms with Crippen molar-refractivity contribution < 1.29 is 0 Å². The van der Waals surface area contributed by atoms with Gasteiger partial charge in [-0.25, -0.2) is 0 Å². The van der Waals surface area contributed by atoms with Crippen LogP contribution in [0.1, 0.15) is 22.4 Å². The summed E-state index contributed by atoms with van der Waals surface area (Å²) in [7, 11) is 0. The quantitative estimate of drug-likeness (QED) is 0.886. The van der Waals surface area contributed by atoms with Crippen LogP contribution < -0.4 is 5.32 Å². The molecule has 18 heavy (non-hydrogen) atoms. The molecule has 2 aromatic heterocycles. The molecule has 0 saturated heterocycles. The van der Waals surface area contributed by atoms with Gasteiger partial charge >= 0.3 is 0 Å². The maximum Gasteiger partial charge on any atom is 0.167 e. The zero-order chi connectivity index (χ0) is 13.0. The summed E-state index contributed by atoms with van der Waals surface area (Å²) in [6.07, 6.45) is 3.46. The Balaban J connectivity index is 2.21. The number of pyridine rings is 1. The van der Waals surface area contributed by atoms with Crippen LogP contribution in [0.15, 0.2) is 24.5 Å². The number of nitrogens with one attached hydrogen (secondary N) is 1. The SMILES string of the molecule is Cc1nnc(NCc2ccncc2)c(C#N)c1C. The molecule has 2 rings (SSSR count). The van der Waals surface area contributed by atoms with Crippen LogP contribution in [0.2, 0.25) is 0 Å². The van der Waals surface area contributed by atoms with E-state index in [0.717, 1.165) is 16.8 Å². The molecular weight excluding hydrogens is 226 g/mol. The second-order valence-corrected chi connectivity index (χ2v) is 3.95. The highest BCUT2D eigenvalue weighted by Crippen LogP contribution is 2.17. The summed E-state index contributed by atoms with van der Waals surface area (Å²) in [5, 5.41) is 20.3. The van der Waals surface area contributed by atoms with Gasteiger partial charge in [0.25, 0.3) is 0 Å². The summed E-state index contributed by atoms with van der Waals surface area (Å²) < 4.78 is 0. The third kappa shape index (κ3) is 2.43. The molecule has 2 heterocycles. The van der Waals surface area contributed by atoms with Gasteiger partial charge in [0.05, 0.1) is 5.69 Å². The van der Waals surface area contributed by atoms with E-state index < -0.39 is 0 Å². The molecule has 0 amide bonds. The number of nitriles is 1. The Kier molecular flexibility index (Phi) is 3.49. The van der Waals surface area contributed by atoms with Crippen molar-refractivity contribution in [2.45, 2.75) is 20.4 Å². The van der Waals surface area contributed by atoms with E-state index in [0.29, 0.717) is 17.9 Å². The first kappa shape index (κ1) is 12.0. The molecule has 90 valence electrons. The number of rotatable bonds is 3. The number of anilines is 1. The van der Waals surface area contributed by atoms with Crippen molar-refractivity contribution in [2.75, 3.05) is 5.32 Å². The molecule has 0 aliphatic heterocycles. The number of aromatic nitrogens is 3. The molecule has 5 heteroatoms. The Bertz CT molecular complexity index is 586. The van der Waals surface area contributed by atoms with E-state index in [9.17, 15) is 0 Å². The van der Waals surface area contributed by atoms with E-state index in [1.807, 2.05) is 26.0 Å². The molecule has 0 radical (unpaired) electrons. The second kappa shape index (κ2) is 5.23. The van der Waals surface area contributed by atoms with Gasteiger partial charge in [0, 0.05) is 18.9 Å². The van der Waals surface area contributed by atoms with Crippen molar-refractivity contribution in [3.8, 4) is 6.07 Å². The minimum absolute atomic E-state index is 0.525. The largest absolute Gasteiger partial charge is 0.363 e. The van der Waals surface area contributed by atoms with Crippen LogP contribution in [-0.4, -0.2) is 15.2 Å². The summed E-state index contributed by atoms with van der Waals surface area (Å²) in [5.74, 6) is 0.525. The third-order valence-corrected chi connectivity index (χ3v) is 2.78. The molecule has 0 aromatic carbocycles. The first-order valence-electron chi connectivity index (χ1n) is 5.59. The van der Waals surface area contributed by atoms with Crippen LogP contribution in [0.5, 0.6) is 0 Å². The first-order chi connectivity index (χ1) is 8.72. The van der Waals surface area contributed by atoms with Gasteiger partial charge in [0.15, 0.2) is 5.82 Å². The van der Waals surface area contributed by atoms with Crippen molar-refractivity contribution in [1.29, 1.82) is 5.26 Å². The minimum atomic E-state index is 0.525. The second-order valence-electron chi connectivity index (χ2n) is 3.95. The Morgan fingerprint density at radius 1 is 1.22 bits per heavy atom. The standard InChI is InChI=1S/C13H13N5/c1-9-10(2)17-18-13(12(9)7-14)16-8-11-3-5-15-6-4-11/h3-6H,8H2,1-2H3,(H,16,18). The fraction of sp³-hybridized carbons (Fsp3) is 0.231. The van der Waals surface area contributed by atoms with Gasteiger partial charge in [-0.15, -0.1) is 5.10 Å². The lowest BCUT2D eigenvalue weighted by atomic mass is 10.1. The van der Waals surface area contributed by atoms with E-state index in [2.05, 4.69) is 26.6 Å². The monoisotopic (exact) mass is 239 g/mol. The molecule has 0 aliphatic carbocycles. The van der Waals surface area contributed by atoms with Crippen LogP contribution in [0.3, 0.4) is 0 Å². The van der Waals surface area contributed by atoms with Crippen molar-refractivity contribution in [3.05, 3.63) is 46.9 Å². The fourth-order valence-electron chi connectivity index (χ4n) is 1.56. The molecule has 0 unspecified atom stereocenters. The van der Waals surface area contributed by atoms with Gasteiger partial charge < -0.3 is 5.32 Å². The number of hydrogen-bond acceptors (Lipinski definition) is 5. The Labute approximate surface area is 106 Å². The summed E-state index contributed by atoms with van der Waals surface area (Å²) in [6.45, 7) is 4.31. The lowest BCUT2D eigenvalue weighted by molar-refractivity contribution is 0.940. The normalized spacial score (nSPS) is 9.83. The maximum absolute atomic E-state index is 9.15. The minimum Gasteiger partial charge on any atom is -0.363 e. The molecule has 1 N–H and O–H groups in total. The zero-order valence-corrected chi connectivity index (χ0v) is 10.3. The van der Waals surface area contributed by atoms with E-state index in [4.69, 9.17) is 5.26 Å². The summed E-state index contributed by atoms with van der Waals surface area (Å²) in [5.41, 5.74) is 3.27. The number of nitrogens with zero attached hydrogens (tertiary/aromatic N) is 4. The van der Waals surface area contributed by atoms with Crippen LogP contribution in [0.4, 0.5) is 5.82 Å². The molecule has 0 fully saturated rings. The molecule has 2 aromatic rings. The molecule has 0 spiro atoms. The molecule has 5 nitrogen and oxygen atoms in total. The lowest BCUT2D eigenvalue weighted by Crippen LogP contribution is -2.07. The van der Waals surface area contributed by atoms with Gasteiger partial charge in [-0.05, 0) is 37.1 Å². The van der Waals surface area contributed by atoms with Crippen LogP contribution in [0, 0.1) is 25.2 Å². The Morgan fingerprint density at radius 3 is 2.61 bits per heavy atom. The summed E-state index contributed by atoms with van der Waals surface area (Å²) in [6, 6.07) is 5.98. The topological polar surface area (TPSA) is 74.5 Å². The van der Waals surface area contributed by atoms with Gasteiger partial charge in [-0.2, -0.15) is 10.4 Å². The summed E-state index contributed by atoms with van der Waals surface area (Å²) >= 11 is 0. The van der Waals surface area contributed by atoms with Crippen LogP contribution >= 0.6 is 0 Å². The van der Waals surface area contributed by atoms with Gasteiger partial charge in [0.1, 0.15) is 11.6 Å². The molecular formula is C13H13N5. The van der Waals surface area contributed by atoms with E-state index >= 15 is 0 Å². The third-order valence-electron chi connectivity index (χ3n) is 2.78. The zero-order valence-electron chi connectivity index (χ0n) is 10.3. The fourth-order valence-corrected chi connectivity index (χ4v) is 1.56. The summed E-state index contributed by atoms with van der Waals surface area (Å²) in [4.78, 5) is 3.95. The molecule has 0 aliphatic rings. The molecule has 0 atom stereocenters. The smallest absolute Gasteiger partial charge is 0.167 e. The van der Waals surface area contributed by atoms with E-state index in [1.165, 1.54) is 0 Å². The van der Waals surface area contributed by atoms with Gasteiger partial charge in [0.2, 0.25) is 0 Å². The predicted molar refractivity (Wildman–Crippen MR) is 67.8 cm³/mol. The number of hydrogen-bond donors (Lipinski definition) is 1. The van der Waals surface area contributed by atoms with Crippen molar-refractivity contribution >= 4 is 5.82 Å². The highest BCUT2D eigenvalue weighted by molar-refractivity contribution is 5.55. The van der Waals surface area contributed by atoms with Crippen molar-refractivity contribution in [2.24, 2.45) is 0 Å². The van der Waals surface area contributed by atoms with E-state index in [1.54, 1.807) is 12.4 Å². The van der Waals surface area contributed by atoms with Crippen molar-refractivity contribution in [3.63, 3.8) is 0 Å². The van der Waals surface area contributed by atoms with Gasteiger partial charge in [-0.1, -0.05) is 0 Å². The van der Waals surface area contributed by atoms with Crippen LogP contribution in [0.25, 0.3) is 0 Å². The van der Waals surface area contributed by atoms with Gasteiger partial charge in [-0.3, -0.25) is 4.98 Å². The van der Waals surface area contributed by atoms with Crippen LogP contribution in [-0.2, 0) is 6.54 Å². The highest BCUT2D eigenvalue weighted by Gasteiger charge is 2.10. The van der Waals surface area contributed by atoms with E-state index in [-0.39, 0.29) is 0 Å². The average molecular weight is 239 g/mol. The maximum atomic E-state index is 9.15. The van der Waals surface area contributed by atoms with Crippen molar-refractivity contribution in [1.82, 2.24) is 15.2 Å². The highest BCUT2D eigenvalue weighted by atomic mass is 15.2. The first-order valence-corrected chi connectivity index (χ1v) is 5.59. The predicted octanol–water partition coefficient (Wildman–Crippen LogP) is 1.97. The Hall–Kier alpha value is -2.48. The molecule has 0 bridgehead atoms. The number of aryl methyl sites for hydroxylation is 1. The molecule has 0 saturated carbocycles.